The molecule has 0 aliphatic carbocycles. The summed E-state index contributed by atoms with van der Waals surface area (Å²) in [7, 11) is -3.01. The number of aromatic nitrogens is 2. The molecule has 0 bridgehead atoms. The normalized spacial score (nSPS) is 30.0. The summed E-state index contributed by atoms with van der Waals surface area (Å²) in [4.78, 5) is 15.8. The molecule has 2 aliphatic rings. The summed E-state index contributed by atoms with van der Waals surface area (Å²) in [5.41, 5.74) is 5.22. The van der Waals surface area contributed by atoms with Gasteiger partial charge in [0, 0.05) is 11.3 Å². The number of rotatable bonds is 0. The van der Waals surface area contributed by atoms with E-state index in [-0.39, 0.29) is 34.2 Å². The summed E-state index contributed by atoms with van der Waals surface area (Å²) in [6.07, 6.45) is 0. The van der Waals surface area contributed by atoms with Gasteiger partial charge in [0.05, 0.1) is 17.5 Å². The molecule has 16 heavy (non-hydrogen) atoms. The second-order valence-corrected chi connectivity index (χ2v) is 7.33. The number of nitrogens with two attached hydrogens (primary N) is 1. The first-order valence-electron chi connectivity index (χ1n) is 4.72. The molecule has 0 amide bonds. The molecule has 3 rings (SSSR count). The topological polar surface area (TPSA) is 95.1 Å². The SMILES string of the molecule is Nc1cc(=O)n2c(n1)S[C@@H]1CS(=O)(=O)C[C@H]12. The van der Waals surface area contributed by atoms with Gasteiger partial charge in [-0.1, -0.05) is 11.8 Å². The molecule has 1 aromatic heterocycles. The van der Waals surface area contributed by atoms with Crippen LogP contribution in [0.1, 0.15) is 6.04 Å². The van der Waals surface area contributed by atoms with Crippen molar-refractivity contribution in [2.24, 2.45) is 0 Å². The monoisotopic (exact) mass is 259 g/mol. The molecule has 2 aliphatic heterocycles. The van der Waals surface area contributed by atoms with Crippen LogP contribution < -0.4 is 11.3 Å². The number of hydrogen-bond donors (Lipinski definition) is 1. The second-order valence-electron chi connectivity index (χ2n) is 3.97. The first-order chi connectivity index (χ1) is 7.46. The van der Waals surface area contributed by atoms with Gasteiger partial charge in [0.1, 0.15) is 5.82 Å². The maximum atomic E-state index is 11.7. The largest absolute Gasteiger partial charge is 0.383 e. The lowest BCUT2D eigenvalue weighted by atomic mass is 10.2. The van der Waals surface area contributed by atoms with Gasteiger partial charge in [0.15, 0.2) is 15.0 Å². The maximum absolute atomic E-state index is 11.7. The zero-order chi connectivity index (χ0) is 11.5. The van der Waals surface area contributed by atoms with Crippen LogP contribution in [0.25, 0.3) is 0 Å². The van der Waals surface area contributed by atoms with Crippen LogP contribution in [0.15, 0.2) is 16.0 Å². The third kappa shape index (κ3) is 1.36. The van der Waals surface area contributed by atoms with Gasteiger partial charge in [-0.2, -0.15) is 0 Å². The van der Waals surface area contributed by atoms with E-state index in [1.807, 2.05) is 0 Å². The van der Waals surface area contributed by atoms with Gasteiger partial charge in [-0.15, -0.1) is 0 Å². The minimum Gasteiger partial charge on any atom is -0.383 e. The number of nitrogen functional groups attached to an aromatic ring is 1. The van der Waals surface area contributed by atoms with E-state index in [9.17, 15) is 13.2 Å². The predicted octanol–water partition coefficient (Wildman–Crippen LogP) is -0.731. The van der Waals surface area contributed by atoms with Gasteiger partial charge in [-0.25, -0.2) is 13.4 Å². The van der Waals surface area contributed by atoms with Crippen molar-refractivity contribution in [3.63, 3.8) is 0 Å². The fourth-order valence-electron chi connectivity index (χ4n) is 2.16. The van der Waals surface area contributed by atoms with Gasteiger partial charge in [0.2, 0.25) is 0 Å². The van der Waals surface area contributed by atoms with Crippen LogP contribution in [-0.2, 0) is 9.84 Å². The van der Waals surface area contributed by atoms with Crippen molar-refractivity contribution in [3.05, 3.63) is 16.4 Å². The highest BCUT2D eigenvalue weighted by molar-refractivity contribution is 8.02. The van der Waals surface area contributed by atoms with E-state index in [1.165, 1.54) is 22.4 Å². The molecule has 2 atom stereocenters. The third-order valence-corrected chi connectivity index (χ3v) is 6.01. The molecule has 1 fully saturated rings. The van der Waals surface area contributed by atoms with Crippen LogP contribution in [0.2, 0.25) is 0 Å². The first-order valence-corrected chi connectivity index (χ1v) is 7.42. The molecule has 8 heteroatoms. The molecule has 6 nitrogen and oxygen atoms in total. The smallest absolute Gasteiger partial charge is 0.256 e. The van der Waals surface area contributed by atoms with Gasteiger partial charge in [0.25, 0.3) is 5.56 Å². The highest BCUT2D eigenvalue weighted by Gasteiger charge is 2.45. The van der Waals surface area contributed by atoms with Crippen LogP contribution in [0.4, 0.5) is 5.82 Å². The Bertz CT molecular complexity index is 622. The van der Waals surface area contributed by atoms with Crippen molar-refractivity contribution in [3.8, 4) is 0 Å². The Morgan fingerprint density at radius 1 is 1.50 bits per heavy atom. The van der Waals surface area contributed by atoms with E-state index in [1.54, 1.807) is 0 Å². The summed E-state index contributed by atoms with van der Waals surface area (Å²) in [6, 6.07) is 0.961. The van der Waals surface area contributed by atoms with E-state index in [2.05, 4.69) is 4.98 Å². The number of thioether (sulfide) groups is 1. The van der Waals surface area contributed by atoms with E-state index < -0.39 is 9.84 Å². The molecule has 1 saturated heterocycles. The highest BCUT2D eigenvalue weighted by atomic mass is 32.2. The van der Waals surface area contributed by atoms with Crippen LogP contribution >= 0.6 is 11.8 Å². The van der Waals surface area contributed by atoms with Crippen LogP contribution in [0.3, 0.4) is 0 Å². The molecular formula is C8H9N3O3S2. The predicted molar refractivity (Wildman–Crippen MR) is 60.2 cm³/mol. The Morgan fingerprint density at radius 2 is 2.25 bits per heavy atom. The Labute approximate surface area is 95.8 Å². The Kier molecular flexibility index (Phi) is 1.91. The lowest BCUT2D eigenvalue weighted by molar-refractivity contribution is 0.519. The van der Waals surface area contributed by atoms with Crippen LogP contribution in [0.5, 0.6) is 0 Å². The minimum atomic E-state index is -3.01. The first kappa shape index (κ1) is 10.2. The standard InChI is InChI=1S/C8H9N3O3S2/c9-6-1-7(12)11-4-2-16(13,14)3-5(4)15-8(11)10-6/h1,4-5H,2-3,9H2/t4-,5-/m1/s1. The van der Waals surface area contributed by atoms with Crippen molar-refractivity contribution in [2.75, 3.05) is 17.2 Å². The molecule has 0 radical (unpaired) electrons. The van der Waals surface area contributed by atoms with Crippen LogP contribution in [0, 0.1) is 0 Å². The molecule has 2 N–H and O–H groups in total. The van der Waals surface area contributed by atoms with Gasteiger partial charge >= 0.3 is 0 Å². The third-order valence-electron chi connectivity index (χ3n) is 2.80. The fraction of sp³-hybridized carbons (Fsp3) is 0.500. The summed E-state index contributed by atoms with van der Waals surface area (Å²) >= 11 is 1.33. The summed E-state index contributed by atoms with van der Waals surface area (Å²) in [5, 5.41) is 0.446. The van der Waals surface area contributed by atoms with Crippen molar-refractivity contribution < 1.29 is 8.42 Å². The molecule has 0 unspecified atom stereocenters. The second kappa shape index (κ2) is 3.01. The van der Waals surface area contributed by atoms with E-state index in [0.29, 0.717) is 5.16 Å². The van der Waals surface area contributed by atoms with Crippen molar-refractivity contribution in [1.29, 1.82) is 0 Å². The number of nitrogens with zero attached hydrogens (tertiary/aromatic N) is 2. The molecule has 0 aromatic carbocycles. The molecule has 0 spiro atoms. The minimum absolute atomic E-state index is 0.0309. The summed E-state index contributed by atoms with van der Waals surface area (Å²) in [5.74, 6) is 0.334. The number of anilines is 1. The van der Waals surface area contributed by atoms with E-state index in [4.69, 9.17) is 5.73 Å². The number of sulfone groups is 1. The average molecular weight is 259 g/mol. The van der Waals surface area contributed by atoms with Crippen molar-refractivity contribution in [1.82, 2.24) is 9.55 Å². The average Bonchev–Trinajstić information content (AvgIpc) is 2.54. The summed E-state index contributed by atoms with van der Waals surface area (Å²) < 4.78 is 24.4. The zero-order valence-corrected chi connectivity index (χ0v) is 9.79. The number of hydrogen-bond acceptors (Lipinski definition) is 6. The van der Waals surface area contributed by atoms with Crippen molar-refractivity contribution >= 4 is 27.4 Å². The van der Waals surface area contributed by atoms with Crippen LogP contribution in [-0.4, -0.2) is 34.7 Å². The van der Waals surface area contributed by atoms with Gasteiger partial charge in [-0.05, 0) is 0 Å². The Balaban J connectivity index is 2.17. The Hall–Kier alpha value is -1.02. The molecule has 86 valence electrons. The quantitative estimate of drug-likeness (QED) is 0.617. The summed E-state index contributed by atoms with van der Waals surface area (Å²) in [6.45, 7) is 0. The van der Waals surface area contributed by atoms with E-state index >= 15 is 0 Å². The van der Waals surface area contributed by atoms with Crippen molar-refractivity contribution in [2.45, 2.75) is 16.4 Å². The van der Waals surface area contributed by atoms with Gasteiger partial charge < -0.3 is 5.73 Å². The lowest BCUT2D eigenvalue weighted by Crippen LogP contribution is -2.26. The molecule has 0 saturated carbocycles. The fourth-order valence-corrected chi connectivity index (χ4v) is 6.08. The molecule has 3 heterocycles. The zero-order valence-electron chi connectivity index (χ0n) is 8.16. The molecule has 1 aromatic rings. The number of fused-ring (bicyclic) bond motifs is 3. The highest BCUT2D eigenvalue weighted by Crippen LogP contribution is 2.43. The van der Waals surface area contributed by atoms with Gasteiger partial charge in [-0.3, -0.25) is 9.36 Å². The lowest BCUT2D eigenvalue weighted by Gasteiger charge is -2.08. The Morgan fingerprint density at radius 3 is 3.00 bits per heavy atom. The maximum Gasteiger partial charge on any atom is 0.256 e. The molecular weight excluding hydrogens is 250 g/mol. The van der Waals surface area contributed by atoms with E-state index in [0.717, 1.165) is 0 Å².